The quantitative estimate of drug-likeness (QED) is 0.0378. The van der Waals surface area contributed by atoms with Gasteiger partial charge in [-0.25, -0.2) is 29.1 Å². The van der Waals surface area contributed by atoms with Gasteiger partial charge in [0, 0.05) is 78.3 Å². The van der Waals surface area contributed by atoms with Crippen LogP contribution in [0, 0.1) is 0 Å². The summed E-state index contributed by atoms with van der Waals surface area (Å²) in [6, 6.07) is 12.7. The number of carbonyl (C=O) groups is 5. The molecular formula is C57H83ClN12O9. The maximum Gasteiger partial charge on any atom is 0.415 e. The van der Waals surface area contributed by atoms with Crippen LogP contribution < -0.4 is 40.1 Å². The van der Waals surface area contributed by atoms with Crippen LogP contribution in [0.2, 0.25) is 0 Å². The topological polar surface area (TPSA) is 226 Å². The van der Waals surface area contributed by atoms with Crippen LogP contribution in [0.15, 0.2) is 60.9 Å². The Hall–Kier alpha value is -7.16. The summed E-state index contributed by atoms with van der Waals surface area (Å²) in [5, 5.41) is 9.12. The van der Waals surface area contributed by atoms with E-state index in [1.807, 2.05) is 77.3 Å². The molecule has 0 spiro atoms. The summed E-state index contributed by atoms with van der Waals surface area (Å²) < 4.78 is 22.5. The van der Waals surface area contributed by atoms with E-state index in [4.69, 9.17) is 40.5 Å². The highest BCUT2D eigenvalue weighted by Gasteiger charge is 2.31. The first-order valence-corrected chi connectivity index (χ1v) is 28.0. The summed E-state index contributed by atoms with van der Waals surface area (Å²) in [6.45, 7) is 29.5. The van der Waals surface area contributed by atoms with Gasteiger partial charge in [-0.1, -0.05) is 24.3 Å². The number of carbonyl (C=O) groups excluding carboxylic acids is 5. The molecule has 2 aromatic carbocycles. The lowest BCUT2D eigenvalue weighted by molar-refractivity contribution is -0.156. The number of halogens is 1. The predicted octanol–water partition coefficient (Wildman–Crippen LogP) is 10.2. The fourth-order valence-corrected chi connectivity index (χ4v) is 8.84. The Balaban J connectivity index is 0.000000291. The second-order valence-corrected chi connectivity index (χ2v) is 21.3. The molecule has 21 nitrogen and oxygen atoms in total. The van der Waals surface area contributed by atoms with Gasteiger partial charge in [0.15, 0.2) is 11.6 Å². The molecule has 2 fully saturated rings. The van der Waals surface area contributed by atoms with Gasteiger partial charge in [-0.3, -0.25) is 9.69 Å². The van der Waals surface area contributed by atoms with Crippen molar-refractivity contribution in [2.45, 2.75) is 145 Å². The van der Waals surface area contributed by atoms with Crippen LogP contribution in [-0.2, 0) is 31.9 Å². The Morgan fingerprint density at radius 1 is 0.582 bits per heavy atom. The van der Waals surface area contributed by atoms with E-state index < -0.39 is 34.6 Å². The SMILES string of the molecule is CCN(CC)c1ncc(N(CC)C(=O)Cl)c(N[C@@H](Cc2ccc(OC(=O)N3CCCC3)cc2)C(=O)OC(C)(C)C)n1.CCNc1cnc(N(CC)CC)nc1N[C@@H](Cc1ccc(OC(=O)N2CCCC2)cc1)C(=O)OC(C)(C)C. The van der Waals surface area contributed by atoms with E-state index in [-0.39, 0.29) is 36.9 Å². The molecule has 0 aliphatic carbocycles. The number of amides is 3. The van der Waals surface area contributed by atoms with Crippen LogP contribution in [0.25, 0.3) is 0 Å². The highest BCUT2D eigenvalue weighted by Crippen LogP contribution is 2.30. The summed E-state index contributed by atoms with van der Waals surface area (Å²) in [4.78, 5) is 90.7. The molecule has 79 heavy (non-hydrogen) atoms. The van der Waals surface area contributed by atoms with Crippen LogP contribution in [0.1, 0.15) is 120 Å². The highest BCUT2D eigenvalue weighted by atomic mass is 35.5. The average molecular weight is 1120 g/mol. The monoisotopic (exact) mass is 1110 g/mol. The number of esters is 2. The second kappa shape index (κ2) is 29.7. The van der Waals surface area contributed by atoms with Crippen molar-refractivity contribution in [3.63, 3.8) is 0 Å². The number of ether oxygens (including phenoxy) is 4. The van der Waals surface area contributed by atoms with E-state index in [1.165, 1.54) is 11.1 Å². The first-order valence-electron chi connectivity index (χ1n) is 27.6. The molecule has 2 aliphatic rings. The molecular weight excluding hydrogens is 1030 g/mol. The van der Waals surface area contributed by atoms with Crippen molar-refractivity contribution in [3.8, 4) is 11.5 Å². The van der Waals surface area contributed by atoms with E-state index in [0.717, 1.165) is 63.0 Å². The summed E-state index contributed by atoms with van der Waals surface area (Å²) in [5.41, 5.74) is 1.37. The first kappa shape index (κ1) is 62.7. The minimum Gasteiger partial charge on any atom is -0.458 e. The van der Waals surface area contributed by atoms with Gasteiger partial charge < -0.3 is 54.5 Å². The van der Waals surface area contributed by atoms with Crippen molar-refractivity contribution in [2.75, 3.05) is 96.1 Å². The van der Waals surface area contributed by atoms with Crippen molar-refractivity contribution in [1.82, 2.24) is 29.7 Å². The fourth-order valence-electron chi connectivity index (χ4n) is 8.63. The smallest absolute Gasteiger partial charge is 0.415 e. The highest BCUT2D eigenvalue weighted by molar-refractivity contribution is 6.66. The summed E-state index contributed by atoms with van der Waals surface area (Å²) in [5.74, 6) is 1.89. The minimum atomic E-state index is -0.866. The standard InChI is InChI=1S/C29H41ClN6O5.C28H42N6O4/c1-7-34(8-2)27-31-19-23(36(9-3)26(30)38)24(33-27)32-22(25(37)41-29(4,5)6)18-20-12-14-21(15-13-20)40-28(39)35-16-10-11-17-35;1-7-29-23-19-30-26(33(8-2)9-3)32-24(23)31-22(25(35)38-28(4,5)6)18-20-12-14-21(15-13-20)37-27(36)34-16-10-11-17-34/h12-15,19,22H,7-11,16-18H2,1-6H3,(H,31,32,33);12-15,19,22,29H,7-11,16-18H2,1-6H3,(H,30,31,32)/t2*22-/m00/s1. The molecule has 6 rings (SSSR count). The van der Waals surface area contributed by atoms with E-state index >= 15 is 0 Å². The summed E-state index contributed by atoms with van der Waals surface area (Å²) in [6.07, 6.45) is 7.14. The van der Waals surface area contributed by atoms with Gasteiger partial charge in [0.2, 0.25) is 11.9 Å². The second-order valence-electron chi connectivity index (χ2n) is 21.0. The molecule has 2 atom stereocenters. The lowest BCUT2D eigenvalue weighted by atomic mass is 10.0. The van der Waals surface area contributed by atoms with Gasteiger partial charge in [-0.15, -0.1) is 0 Å². The molecule has 0 saturated carbocycles. The number of aromatic nitrogens is 4. The zero-order chi connectivity index (χ0) is 57.9. The number of hydrogen-bond donors (Lipinski definition) is 3. The Kier molecular flexibility index (Phi) is 23.6. The van der Waals surface area contributed by atoms with Crippen molar-refractivity contribution in [3.05, 3.63) is 72.1 Å². The molecule has 432 valence electrons. The number of anilines is 6. The van der Waals surface area contributed by atoms with Crippen LogP contribution in [0.3, 0.4) is 0 Å². The van der Waals surface area contributed by atoms with Gasteiger partial charge in [0.25, 0.3) is 0 Å². The van der Waals surface area contributed by atoms with E-state index in [1.54, 1.807) is 80.1 Å². The molecule has 2 aromatic heterocycles. The van der Waals surface area contributed by atoms with Crippen molar-refractivity contribution in [2.24, 2.45) is 0 Å². The molecule has 2 aliphatic heterocycles. The fraction of sp³-hybridized carbons (Fsp3) is 0.561. The molecule has 0 unspecified atom stereocenters. The molecule has 0 bridgehead atoms. The number of benzene rings is 2. The van der Waals surface area contributed by atoms with Gasteiger partial charge in [-0.05, 0) is 156 Å². The van der Waals surface area contributed by atoms with Gasteiger partial charge >= 0.3 is 29.5 Å². The Bertz CT molecular complexity index is 2610. The Morgan fingerprint density at radius 2 is 0.975 bits per heavy atom. The molecule has 0 radical (unpaired) electrons. The lowest BCUT2D eigenvalue weighted by Gasteiger charge is -2.28. The first-order chi connectivity index (χ1) is 37.6. The number of rotatable bonds is 22. The number of hydrogen-bond acceptors (Lipinski definition) is 18. The zero-order valence-corrected chi connectivity index (χ0v) is 49.1. The Morgan fingerprint density at radius 3 is 1.34 bits per heavy atom. The van der Waals surface area contributed by atoms with E-state index in [9.17, 15) is 24.0 Å². The zero-order valence-electron chi connectivity index (χ0n) is 48.3. The van der Waals surface area contributed by atoms with Gasteiger partial charge in [0.1, 0.15) is 40.5 Å². The van der Waals surface area contributed by atoms with Gasteiger partial charge in [0.05, 0.1) is 18.1 Å². The van der Waals surface area contributed by atoms with Crippen LogP contribution >= 0.6 is 11.6 Å². The third kappa shape index (κ3) is 19.3. The van der Waals surface area contributed by atoms with Crippen LogP contribution in [0.5, 0.6) is 11.5 Å². The molecule has 22 heteroatoms. The molecule has 3 N–H and O–H groups in total. The summed E-state index contributed by atoms with van der Waals surface area (Å²) >= 11 is 5.88. The summed E-state index contributed by atoms with van der Waals surface area (Å²) in [7, 11) is 0. The third-order valence-electron chi connectivity index (χ3n) is 12.7. The largest absolute Gasteiger partial charge is 0.458 e. The molecule has 4 heterocycles. The lowest BCUT2D eigenvalue weighted by Crippen LogP contribution is -2.39. The maximum absolute atomic E-state index is 13.4. The number of nitrogens with zero attached hydrogens (tertiary/aromatic N) is 9. The number of nitrogens with one attached hydrogen (secondary N) is 3. The van der Waals surface area contributed by atoms with E-state index in [0.29, 0.717) is 79.7 Å². The van der Waals surface area contributed by atoms with Crippen LogP contribution in [-0.4, -0.2) is 148 Å². The Labute approximate surface area is 471 Å². The van der Waals surface area contributed by atoms with Crippen molar-refractivity contribution >= 4 is 76.0 Å². The molecule has 3 amide bonds. The van der Waals surface area contributed by atoms with Crippen molar-refractivity contribution < 1.29 is 42.9 Å². The minimum absolute atomic E-state index is 0.236. The normalized spacial score (nSPS) is 14.0. The van der Waals surface area contributed by atoms with Crippen LogP contribution in [0.4, 0.5) is 49.3 Å². The predicted molar refractivity (Wildman–Crippen MR) is 310 cm³/mol. The number of likely N-dealkylation sites (tertiary alicyclic amines) is 2. The molecule has 4 aromatic rings. The maximum atomic E-state index is 13.4. The third-order valence-corrected chi connectivity index (χ3v) is 12.9. The average Bonchev–Trinajstić information content (AvgIpc) is 4.21. The van der Waals surface area contributed by atoms with E-state index in [2.05, 4.69) is 25.9 Å². The molecule has 2 saturated heterocycles. The van der Waals surface area contributed by atoms with Gasteiger partial charge in [-0.2, -0.15) is 9.97 Å². The van der Waals surface area contributed by atoms with Crippen molar-refractivity contribution in [1.29, 1.82) is 0 Å².